The molecule has 0 aliphatic carbocycles. The molecule has 0 bridgehead atoms. The van der Waals surface area contributed by atoms with Gasteiger partial charge in [0.1, 0.15) is 5.82 Å². The minimum absolute atomic E-state index is 0.735. The lowest BCUT2D eigenvalue weighted by Crippen LogP contribution is -2.46. The van der Waals surface area contributed by atoms with E-state index in [0.29, 0.717) is 0 Å². The Hall–Kier alpha value is -1.47. The molecule has 1 saturated heterocycles. The molecule has 0 radical (unpaired) electrons. The number of piperazine rings is 1. The van der Waals surface area contributed by atoms with Crippen LogP contribution >= 0.6 is 0 Å². The second-order valence-corrected chi connectivity index (χ2v) is 6.98. The number of imidazole rings is 1. The smallest absolute Gasteiger partial charge is 0.124 e. The van der Waals surface area contributed by atoms with Crippen molar-refractivity contribution in [3.8, 4) is 0 Å². The fourth-order valence-corrected chi connectivity index (χ4v) is 3.65. The van der Waals surface area contributed by atoms with Crippen molar-refractivity contribution < 1.29 is 4.74 Å². The predicted octanol–water partition coefficient (Wildman–Crippen LogP) is 1.93. The number of unbranched alkanes of at least 4 members (excludes halogenated alkanes) is 1. The fraction of sp³-hybridized carbons (Fsp3) is 0.650. The van der Waals surface area contributed by atoms with Gasteiger partial charge in [0, 0.05) is 39.3 Å². The molecule has 144 valence electrons. The van der Waals surface area contributed by atoms with Crippen LogP contribution in [-0.4, -0.2) is 71.8 Å². The maximum absolute atomic E-state index is 5.60. The summed E-state index contributed by atoms with van der Waals surface area (Å²) in [6.07, 6.45) is 2.34. The van der Waals surface area contributed by atoms with Gasteiger partial charge in [-0.1, -0.05) is 12.1 Å². The van der Waals surface area contributed by atoms with E-state index in [0.717, 1.165) is 76.8 Å². The molecule has 1 aromatic heterocycles. The highest BCUT2D eigenvalue weighted by molar-refractivity contribution is 5.75. The Kier molecular flexibility index (Phi) is 7.43. The standard InChI is InChI=1S/C20H33N5O/c1-2-26-16-15-25-19-8-4-3-7-18(19)22-20(25)17-24-13-11-23(12-14-24)10-6-5-9-21/h3-4,7-8H,2,5-6,9-17,21H2,1H3. The monoisotopic (exact) mass is 359 g/mol. The largest absolute Gasteiger partial charge is 0.380 e. The van der Waals surface area contributed by atoms with Crippen LogP contribution in [0, 0.1) is 0 Å². The molecule has 1 aliphatic rings. The third-order valence-corrected chi connectivity index (χ3v) is 5.16. The number of nitrogens with zero attached hydrogens (tertiary/aromatic N) is 4. The van der Waals surface area contributed by atoms with Crippen LogP contribution < -0.4 is 5.73 Å². The van der Waals surface area contributed by atoms with Gasteiger partial charge < -0.3 is 19.9 Å². The van der Waals surface area contributed by atoms with E-state index in [9.17, 15) is 0 Å². The zero-order chi connectivity index (χ0) is 18.2. The van der Waals surface area contributed by atoms with Gasteiger partial charge in [-0.15, -0.1) is 0 Å². The third kappa shape index (κ3) is 5.04. The SMILES string of the molecule is CCOCCn1c(CN2CCN(CCCCN)CC2)nc2ccccc21. The van der Waals surface area contributed by atoms with Crippen molar-refractivity contribution in [2.75, 3.05) is 52.5 Å². The molecular weight excluding hydrogens is 326 g/mol. The fourth-order valence-electron chi connectivity index (χ4n) is 3.65. The zero-order valence-corrected chi connectivity index (χ0v) is 16.1. The normalized spacial score (nSPS) is 16.5. The van der Waals surface area contributed by atoms with Crippen LogP contribution in [0.2, 0.25) is 0 Å². The van der Waals surface area contributed by atoms with Gasteiger partial charge in [0.25, 0.3) is 0 Å². The molecular formula is C20H33N5O. The highest BCUT2D eigenvalue weighted by Gasteiger charge is 2.19. The quantitative estimate of drug-likeness (QED) is 0.657. The number of nitrogens with two attached hydrogens (primary N) is 1. The van der Waals surface area contributed by atoms with E-state index in [1.165, 1.54) is 18.5 Å². The highest BCUT2D eigenvalue weighted by atomic mass is 16.5. The average molecular weight is 360 g/mol. The second-order valence-electron chi connectivity index (χ2n) is 6.98. The molecule has 2 aromatic rings. The van der Waals surface area contributed by atoms with Gasteiger partial charge in [0.05, 0.1) is 24.2 Å². The van der Waals surface area contributed by atoms with E-state index in [1.807, 2.05) is 6.92 Å². The number of aromatic nitrogens is 2. The van der Waals surface area contributed by atoms with Crippen molar-refractivity contribution in [1.29, 1.82) is 0 Å². The van der Waals surface area contributed by atoms with Crippen molar-refractivity contribution >= 4 is 11.0 Å². The van der Waals surface area contributed by atoms with Crippen LogP contribution in [-0.2, 0) is 17.8 Å². The number of para-hydroxylation sites is 2. The predicted molar refractivity (Wildman–Crippen MR) is 106 cm³/mol. The number of ether oxygens (including phenoxy) is 1. The first-order valence-electron chi connectivity index (χ1n) is 9.98. The van der Waals surface area contributed by atoms with Crippen LogP contribution in [0.1, 0.15) is 25.6 Å². The summed E-state index contributed by atoms with van der Waals surface area (Å²) in [5, 5.41) is 0. The first kappa shape index (κ1) is 19.3. The molecule has 0 atom stereocenters. The van der Waals surface area contributed by atoms with Gasteiger partial charge in [0.15, 0.2) is 0 Å². The molecule has 1 fully saturated rings. The van der Waals surface area contributed by atoms with Crippen LogP contribution in [0.5, 0.6) is 0 Å². The van der Waals surface area contributed by atoms with Gasteiger partial charge in [-0.3, -0.25) is 4.90 Å². The first-order valence-corrected chi connectivity index (χ1v) is 9.98. The van der Waals surface area contributed by atoms with Gasteiger partial charge >= 0.3 is 0 Å². The number of fused-ring (bicyclic) bond motifs is 1. The molecule has 6 nitrogen and oxygen atoms in total. The summed E-state index contributed by atoms with van der Waals surface area (Å²) in [7, 11) is 0. The topological polar surface area (TPSA) is 59.5 Å². The van der Waals surface area contributed by atoms with E-state index in [2.05, 4.69) is 38.6 Å². The number of hydrogen-bond acceptors (Lipinski definition) is 5. The highest BCUT2D eigenvalue weighted by Crippen LogP contribution is 2.18. The van der Waals surface area contributed by atoms with Crippen molar-refractivity contribution in [2.45, 2.75) is 32.9 Å². The zero-order valence-electron chi connectivity index (χ0n) is 16.1. The molecule has 1 aromatic carbocycles. The third-order valence-electron chi connectivity index (χ3n) is 5.16. The summed E-state index contributed by atoms with van der Waals surface area (Å²) in [6.45, 7) is 11.8. The van der Waals surface area contributed by atoms with Crippen LogP contribution in [0.3, 0.4) is 0 Å². The van der Waals surface area contributed by atoms with Crippen molar-refractivity contribution in [1.82, 2.24) is 19.4 Å². The second kappa shape index (κ2) is 10.0. The molecule has 1 aliphatic heterocycles. The van der Waals surface area contributed by atoms with Crippen molar-refractivity contribution in [2.24, 2.45) is 5.73 Å². The lowest BCUT2D eigenvalue weighted by Gasteiger charge is -2.34. The van der Waals surface area contributed by atoms with E-state index in [4.69, 9.17) is 15.5 Å². The summed E-state index contributed by atoms with van der Waals surface area (Å²) in [6, 6.07) is 8.41. The number of rotatable bonds is 10. The van der Waals surface area contributed by atoms with Crippen LogP contribution in [0.15, 0.2) is 24.3 Å². The Morgan fingerprint density at radius 2 is 1.81 bits per heavy atom. The summed E-state index contributed by atoms with van der Waals surface area (Å²) < 4.78 is 7.92. The summed E-state index contributed by atoms with van der Waals surface area (Å²) in [4.78, 5) is 9.99. The summed E-state index contributed by atoms with van der Waals surface area (Å²) in [5.74, 6) is 1.16. The van der Waals surface area contributed by atoms with Crippen molar-refractivity contribution in [3.05, 3.63) is 30.1 Å². The molecule has 2 heterocycles. The van der Waals surface area contributed by atoms with Gasteiger partial charge in [-0.25, -0.2) is 4.98 Å². The molecule has 0 amide bonds. The molecule has 26 heavy (non-hydrogen) atoms. The summed E-state index contributed by atoms with van der Waals surface area (Å²) in [5.41, 5.74) is 7.89. The first-order chi connectivity index (χ1) is 12.8. The maximum Gasteiger partial charge on any atom is 0.124 e. The maximum atomic E-state index is 5.60. The van der Waals surface area contributed by atoms with E-state index < -0.39 is 0 Å². The van der Waals surface area contributed by atoms with Gasteiger partial charge in [0.2, 0.25) is 0 Å². The molecule has 0 spiro atoms. The lowest BCUT2D eigenvalue weighted by atomic mass is 10.2. The van der Waals surface area contributed by atoms with E-state index >= 15 is 0 Å². The number of hydrogen-bond donors (Lipinski definition) is 1. The molecule has 6 heteroatoms. The van der Waals surface area contributed by atoms with Crippen molar-refractivity contribution in [3.63, 3.8) is 0 Å². The lowest BCUT2D eigenvalue weighted by molar-refractivity contribution is 0.119. The molecule has 3 rings (SSSR count). The summed E-state index contributed by atoms with van der Waals surface area (Å²) >= 11 is 0. The molecule has 0 saturated carbocycles. The van der Waals surface area contributed by atoms with E-state index in [1.54, 1.807) is 0 Å². The molecule has 0 unspecified atom stereocenters. The minimum atomic E-state index is 0.735. The number of benzene rings is 1. The van der Waals surface area contributed by atoms with Crippen LogP contribution in [0.4, 0.5) is 0 Å². The van der Waals surface area contributed by atoms with E-state index in [-0.39, 0.29) is 0 Å². The Labute approximate surface area is 156 Å². The Morgan fingerprint density at radius 1 is 1.04 bits per heavy atom. The van der Waals surface area contributed by atoms with Gasteiger partial charge in [-0.2, -0.15) is 0 Å². The minimum Gasteiger partial charge on any atom is -0.380 e. The van der Waals surface area contributed by atoms with Crippen LogP contribution in [0.25, 0.3) is 11.0 Å². The Bertz CT molecular complexity index is 663. The molecule has 2 N–H and O–H groups in total. The average Bonchev–Trinajstić information content (AvgIpc) is 3.01. The Morgan fingerprint density at radius 3 is 2.58 bits per heavy atom. The van der Waals surface area contributed by atoms with Gasteiger partial charge in [-0.05, 0) is 45.0 Å². The Balaban J connectivity index is 1.60.